The van der Waals surface area contributed by atoms with Crippen LogP contribution in [0.5, 0.6) is 5.75 Å². The Morgan fingerprint density at radius 3 is 2.62 bits per heavy atom. The van der Waals surface area contributed by atoms with Crippen molar-refractivity contribution < 1.29 is 14.1 Å². The van der Waals surface area contributed by atoms with E-state index in [2.05, 4.69) is 15.0 Å². The molecular weight excluding hydrogens is 368 g/mol. The van der Waals surface area contributed by atoms with Crippen molar-refractivity contribution in [3.8, 4) is 5.75 Å². The molecule has 7 heteroatoms. The lowest BCUT2D eigenvalue weighted by Gasteiger charge is -2.35. The second-order valence-corrected chi connectivity index (χ2v) is 7.09. The fraction of sp³-hybridized carbons (Fsp3) is 0.318. The predicted octanol–water partition coefficient (Wildman–Crippen LogP) is 3.23. The van der Waals surface area contributed by atoms with Crippen LogP contribution in [0.1, 0.15) is 27.4 Å². The zero-order valence-corrected chi connectivity index (χ0v) is 16.7. The Kier molecular flexibility index (Phi) is 5.46. The summed E-state index contributed by atoms with van der Waals surface area (Å²) in [6, 6.07) is 13.2. The highest BCUT2D eigenvalue weighted by Crippen LogP contribution is 2.20. The first kappa shape index (κ1) is 19.0. The number of rotatable bonds is 5. The third-order valence-corrected chi connectivity index (χ3v) is 5.19. The summed E-state index contributed by atoms with van der Waals surface area (Å²) in [6.07, 6.45) is 1.79. The van der Waals surface area contributed by atoms with E-state index in [-0.39, 0.29) is 5.91 Å². The molecule has 29 heavy (non-hydrogen) atoms. The first-order valence-corrected chi connectivity index (χ1v) is 9.71. The number of ether oxygens (including phenoxy) is 1. The van der Waals surface area contributed by atoms with E-state index in [1.165, 1.54) is 0 Å². The van der Waals surface area contributed by atoms with Gasteiger partial charge in [-0.25, -0.2) is 4.98 Å². The summed E-state index contributed by atoms with van der Waals surface area (Å²) in [5.74, 6) is 2.38. The maximum absolute atomic E-state index is 12.9. The molecule has 2 aromatic heterocycles. The zero-order chi connectivity index (χ0) is 20.2. The number of hydrogen-bond donors (Lipinski definition) is 0. The van der Waals surface area contributed by atoms with Crippen LogP contribution in [-0.2, 0) is 6.61 Å². The van der Waals surface area contributed by atoms with E-state index < -0.39 is 0 Å². The summed E-state index contributed by atoms with van der Waals surface area (Å²) in [4.78, 5) is 21.4. The second kappa shape index (κ2) is 8.34. The number of carbonyl (C=O) groups excluding carboxylic acids is 1. The highest BCUT2D eigenvalue weighted by molar-refractivity contribution is 5.94. The summed E-state index contributed by atoms with van der Waals surface area (Å²) in [5.41, 5.74) is 2.39. The minimum Gasteiger partial charge on any atom is -0.489 e. The highest BCUT2D eigenvalue weighted by atomic mass is 16.5. The molecular formula is C22H24N4O3. The van der Waals surface area contributed by atoms with Gasteiger partial charge in [0.05, 0.1) is 11.3 Å². The van der Waals surface area contributed by atoms with Gasteiger partial charge in [0.2, 0.25) is 0 Å². The third-order valence-electron chi connectivity index (χ3n) is 5.19. The summed E-state index contributed by atoms with van der Waals surface area (Å²) in [7, 11) is 0. The highest BCUT2D eigenvalue weighted by Gasteiger charge is 2.23. The van der Waals surface area contributed by atoms with Crippen LogP contribution < -0.4 is 9.64 Å². The molecule has 1 saturated heterocycles. The number of carbonyl (C=O) groups is 1. The van der Waals surface area contributed by atoms with Gasteiger partial charge in [-0.1, -0.05) is 17.3 Å². The summed E-state index contributed by atoms with van der Waals surface area (Å²) >= 11 is 0. The lowest BCUT2D eigenvalue weighted by atomic mass is 10.1. The molecule has 0 bridgehead atoms. The van der Waals surface area contributed by atoms with Crippen molar-refractivity contribution in [2.75, 3.05) is 31.1 Å². The summed E-state index contributed by atoms with van der Waals surface area (Å²) in [6.45, 7) is 6.99. The van der Waals surface area contributed by atoms with Crippen LogP contribution in [0.3, 0.4) is 0 Å². The molecule has 1 fully saturated rings. The van der Waals surface area contributed by atoms with Crippen LogP contribution in [0, 0.1) is 13.8 Å². The molecule has 0 spiro atoms. The van der Waals surface area contributed by atoms with Gasteiger partial charge in [-0.15, -0.1) is 0 Å². The lowest BCUT2D eigenvalue weighted by Crippen LogP contribution is -2.49. The molecule has 0 atom stereocenters. The number of nitrogens with zero attached hydrogens (tertiary/aromatic N) is 4. The van der Waals surface area contributed by atoms with Gasteiger partial charge in [0.25, 0.3) is 5.91 Å². The second-order valence-electron chi connectivity index (χ2n) is 7.09. The molecule has 1 aliphatic rings. The number of benzene rings is 1. The molecule has 0 N–H and O–H groups in total. The number of hydrogen-bond acceptors (Lipinski definition) is 6. The van der Waals surface area contributed by atoms with Crippen molar-refractivity contribution in [3.05, 3.63) is 71.2 Å². The Labute approximate surface area is 169 Å². The Morgan fingerprint density at radius 1 is 1.10 bits per heavy atom. The fourth-order valence-corrected chi connectivity index (χ4v) is 3.44. The van der Waals surface area contributed by atoms with E-state index in [0.717, 1.165) is 35.9 Å². The van der Waals surface area contributed by atoms with E-state index in [0.29, 0.717) is 31.0 Å². The fourth-order valence-electron chi connectivity index (χ4n) is 3.44. The van der Waals surface area contributed by atoms with Crippen molar-refractivity contribution >= 4 is 11.7 Å². The van der Waals surface area contributed by atoms with E-state index in [9.17, 15) is 4.79 Å². The molecule has 3 heterocycles. The van der Waals surface area contributed by atoms with Gasteiger partial charge in [0.15, 0.2) is 0 Å². The van der Waals surface area contributed by atoms with E-state index >= 15 is 0 Å². The maximum atomic E-state index is 12.9. The largest absolute Gasteiger partial charge is 0.489 e. The number of amides is 1. The summed E-state index contributed by atoms with van der Waals surface area (Å²) in [5, 5.41) is 3.94. The average Bonchev–Trinajstić information content (AvgIpc) is 3.10. The van der Waals surface area contributed by atoms with E-state index in [1.54, 1.807) is 12.3 Å². The molecule has 0 unspecified atom stereocenters. The van der Waals surface area contributed by atoms with Crippen LogP contribution in [0.4, 0.5) is 5.82 Å². The molecule has 0 saturated carbocycles. The van der Waals surface area contributed by atoms with Gasteiger partial charge in [0, 0.05) is 37.9 Å². The predicted molar refractivity (Wildman–Crippen MR) is 109 cm³/mol. The number of anilines is 1. The van der Waals surface area contributed by atoms with Crippen LogP contribution in [0.2, 0.25) is 0 Å². The minimum atomic E-state index is 0.0217. The van der Waals surface area contributed by atoms with E-state index in [1.807, 2.05) is 55.1 Å². The average molecular weight is 392 g/mol. The molecule has 4 rings (SSSR count). The number of pyridine rings is 1. The van der Waals surface area contributed by atoms with Crippen molar-refractivity contribution in [1.82, 2.24) is 15.0 Å². The van der Waals surface area contributed by atoms with Gasteiger partial charge in [-0.3, -0.25) is 4.79 Å². The Bertz CT molecular complexity index is 959. The number of aryl methyl sites for hydroxylation is 2. The topological polar surface area (TPSA) is 71.7 Å². The minimum absolute atomic E-state index is 0.0217. The van der Waals surface area contributed by atoms with Crippen LogP contribution in [0.25, 0.3) is 0 Å². The van der Waals surface area contributed by atoms with Gasteiger partial charge < -0.3 is 19.1 Å². The smallest absolute Gasteiger partial charge is 0.254 e. The van der Waals surface area contributed by atoms with Gasteiger partial charge in [-0.2, -0.15) is 0 Å². The first-order chi connectivity index (χ1) is 14.1. The molecule has 150 valence electrons. The Morgan fingerprint density at radius 2 is 1.93 bits per heavy atom. The third kappa shape index (κ3) is 4.23. The van der Waals surface area contributed by atoms with Crippen molar-refractivity contribution in [1.29, 1.82) is 0 Å². The Hall–Kier alpha value is -3.35. The van der Waals surface area contributed by atoms with Gasteiger partial charge >= 0.3 is 0 Å². The van der Waals surface area contributed by atoms with Gasteiger partial charge in [0.1, 0.15) is 23.9 Å². The molecule has 0 aliphatic carbocycles. The molecule has 3 aromatic rings. The monoisotopic (exact) mass is 392 g/mol. The molecule has 1 aliphatic heterocycles. The van der Waals surface area contributed by atoms with Crippen molar-refractivity contribution in [2.24, 2.45) is 0 Å². The SMILES string of the molecule is Cc1noc(C)c1COc1cccc(C(=O)N2CCN(c3ccccn3)CC2)c1. The molecule has 1 aromatic carbocycles. The quantitative estimate of drug-likeness (QED) is 0.664. The van der Waals surface area contributed by atoms with Crippen LogP contribution in [0.15, 0.2) is 53.2 Å². The normalized spacial score (nSPS) is 14.1. The number of piperazine rings is 1. The van der Waals surface area contributed by atoms with E-state index in [4.69, 9.17) is 9.26 Å². The maximum Gasteiger partial charge on any atom is 0.254 e. The molecule has 7 nitrogen and oxygen atoms in total. The van der Waals surface area contributed by atoms with Gasteiger partial charge in [-0.05, 0) is 44.2 Å². The van der Waals surface area contributed by atoms with Crippen molar-refractivity contribution in [2.45, 2.75) is 20.5 Å². The lowest BCUT2D eigenvalue weighted by molar-refractivity contribution is 0.0746. The molecule has 0 radical (unpaired) electrons. The molecule has 1 amide bonds. The Balaban J connectivity index is 1.37. The standard InChI is InChI=1S/C22H24N4O3/c1-16-20(17(2)29-24-16)15-28-19-7-5-6-18(14-19)22(27)26-12-10-25(11-13-26)21-8-3-4-9-23-21/h3-9,14H,10-13,15H2,1-2H3. The van der Waals surface area contributed by atoms with Crippen LogP contribution >= 0.6 is 0 Å². The number of aromatic nitrogens is 2. The summed E-state index contributed by atoms with van der Waals surface area (Å²) < 4.78 is 11.0. The zero-order valence-electron chi connectivity index (χ0n) is 16.7. The van der Waals surface area contributed by atoms with Crippen LogP contribution in [-0.4, -0.2) is 47.1 Å². The van der Waals surface area contributed by atoms with Crippen molar-refractivity contribution in [3.63, 3.8) is 0 Å². The first-order valence-electron chi connectivity index (χ1n) is 9.71.